The molecule has 0 aliphatic heterocycles. The van der Waals surface area contributed by atoms with Crippen molar-refractivity contribution in [2.24, 2.45) is 11.8 Å². The van der Waals surface area contributed by atoms with Crippen LogP contribution in [-0.4, -0.2) is 85.8 Å². The molecule has 1 N–H and O–H groups in total. The quantitative estimate of drug-likeness (QED) is 0.0482. The third-order valence-electron chi connectivity index (χ3n) is 12.5. The Morgan fingerprint density at radius 1 is 0.458 bits per heavy atom. The lowest BCUT2D eigenvalue weighted by Gasteiger charge is -2.28. The van der Waals surface area contributed by atoms with Crippen LogP contribution in [0, 0.1) is 11.8 Å². The van der Waals surface area contributed by atoms with Gasteiger partial charge in [-0.3, -0.25) is 14.4 Å². The molecule has 0 aliphatic rings. The van der Waals surface area contributed by atoms with E-state index >= 15 is 0 Å². The number of carbonyl (C=O) groups excluding carboxylic acids is 3. The molecule has 3 atom stereocenters. The number of ether oxygens (including phenoxy) is 2. The summed E-state index contributed by atoms with van der Waals surface area (Å²) in [6, 6.07) is 0.467. The van der Waals surface area contributed by atoms with Crippen LogP contribution in [0.25, 0.3) is 0 Å². The fourth-order valence-electron chi connectivity index (χ4n) is 8.41. The summed E-state index contributed by atoms with van der Waals surface area (Å²) >= 11 is 0. The number of aliphatic hydroxyl groups is 1. The van der Waals surface area contributed by atoms with E-state index in [-0.39, 0.29) is 42.8 Å². The van der Waals surface area contributed by atoms with Crippen LogP contribution in [-0.2, 0) is 23.9 Å². The molecule has 0 bridgehead atoms. The van der Waals surface area contributed by atoms with E-state index in [4.69, 9.17) is 9.47 Å². The highest BCUT2D eigenvalue weighted by Crippen LogP contribution is 2.23. The van der Waals surface area contributed by atoms with E-state index in [0.717, 1.165) is 122 Å². The summed E-state index contributed by atoms with van der Waals surface area (Å²) in [4.78, 5) is 43.3. The zero-order valence-electron chi connectivity index (χ0n) is 40.2. The van der Waals surface area contributed by atoms with Gasteiger partial charge in [0.25, 0.3) is 0 Å². The standard InChI is InChI=1S/C51H100N2O6/c1-7-11-15-19-21-27-36-46(35-25-17-13-9-3)50(56)53(6)45-49(55)58-43-33-24-30-40-48(39-29-23-32-42-54)52(5)41-31-34-44-59-51(57)47(37-26-18-14-10-4)38-28-22-20-16-12-8-2/h46-48,54H,7-45H2,1-6H3. The first-order valence-electron chi connectivity index (χ1n) is 25.6. The second-order valence-electron chi connectivity index (χ2n) is 18.1. The van der Waals surface area contributed by atoms with Crippen molar-refractivity contribution in [2.75, 3.05) is 47.0 Å². The van der Waals surface area contributed by atoms with Gasteiger partial charge < -0.3 is 24.4 Å². The second-order valence-corrected chi connectivity index (χ2v) is 18.1. The molecule has 59 heavy (non-hydrogen) atoms. The zero-order valence-corrected chi connectivity index (χ0v) is 40.2. The van der Waals surface area contributed by atoms with Gasteiger partial charge in [0.05, 0.1) is 19.1 Å². The van der Waals surface area contributed by atoms with E-state index in [0.29, 0.717) is 19.3 Å². The van der Waals surface area contributed by atoms with Gasteiger partial charge in [-0.05, 0) is 77.8 Å². The molecule has 0 saturated heterocycles. The van der Waals surface area contributed by atoms with Gasteiger partial charge in [0.2, 0.25) is 5.91 Å². The summed E-state index contributed by atoms with van der Waals surface area (Å²) in [5.41, 5.74) is 0. The molecule has 8 heteroatoms. The van der Waals surface area contributed by atoms with E-state index in [9.17, 15) is 19.5 Å². The fourth-order valence-corrected chi connectivity index (χ4v) is 8.41. The molecule has 8 nitrogen and oxygen atoms in total. The molecule has 0 aliphatic carbocycles. The first-order valence-corrected chi connectivity index (χ1v) is 25.6. The van der Waals surface area contributed by atoms with Crippen LogP contribution >= 0.6 is 0 Å². The maximum absolute atomic E-state index is 13.4. The summed E-state index contributed by atoms with van der Waals surface area (Å²) in [5.74, 6) is -0.122. The lowest BCUT2D eigenvalue weighted by molar-refractivity contribution is -0.150. The zero-order chi connectivity index (χ0) is 43.6. The molecule has 3 unspecified atom stereocenters. The summed E-state index contributed by atoms with van der Waals surface area (Å²) in [6.45, 7) is 11.1. The number of unbranched alkanes of at least 4 members (excludes halogenated alkanes) is 21. The van der Waals surface area contributed by atoms with E-state index in [2.05, 4.69) is 39.6 Å². The van der Waals surface area contributed by atoms with Crippen LogP contribution in [0.1, 0.15) is 246 Å². The molecule has 0 saturated carbocycles. The minimum absolute atomic E-state index is 0.00489. The summed E-state index contributed by atoms with van der Waals surface area (Å²) in [5, 5.41) is 9.30. The Hall–Kier alpha value is -1.67. The predicted molar refractivity (Wildman–Crippen MR) is 250 cm³/mol. The third kappa shape index (κ3) is 34.6. The van der Waals surface area contributed by atoms with E-state index in [1.165, 1.54) is 103 Å². The third-order valence-corrected chi connectivity index (χ3v) is 12.5. The van der Waals surface area contributed by atoms with Crippen LogP contribution in [0.4, 0.5) is 0 Å². The van der Waals surface area contributed by atoms with Gasteiger partial charge >= 0.3 is 11.9 Å². The molecular weight excluding hydrogens is 737 g/mol. The first-order chi connectivity index (χ1) is 28.7. The monoisotopic (exact) mass is 837 g/mol. The van der Waals surface area contributed by atoms with E-state index in [1.807, 2.05) is 0 Å². The maximum atomic E-state index is 13.4. The number of amides is 1. The molecule has 0 heterocycles. The van der Waals surface area contributed by atoms with Crippen molar-refractivity contribution in [1.82, 2.24) is 9.80 Å². The molecule has 0 spiro atoms. The first kappa shape index (κ1) is 57.3. The molecule has 1 amide bonds. The highest BCUT2D eigenvalue weighted by atomic mass is 16.5. The number of carbonyl (C=O) groups is 3. The maximum Gasteiger partial charge on any atom is 0.325 e. The minimum atomic E-state index is -0.308. The minimum Gasteiger partial charge on any atom is -0.465 e. The number of hydrogen-bond donors (Lipinski definition) is 1. The molecule has 0 rings (SSSR count). The Morgan fingerprint density at radius 2 is 0.847 bits per heavy atom. The Labute approximate surface area is 366 Å². The largest absolute Gasteiger partial charge is 0.465 e. The van der Waals surface area contributed by atoms with Gasteiger partial charge in [-0.2, -0.15) is 0 Å². The Bertz CT molecular complexity index is 947. The van der Waals surface area contributed by atoms with Gasteiger partial charge in [-0.1, -0.05) is 182 Å². The normalized spacial score (nSPS) is 13.1. The average Bonchev–Trinajstić information content (AvgIpc) is 3.23. The highest BCUT2D eigenvalue weighted by Gasteiger charge is 2.24. The second kappa shape index (κ2) is 43.0. The van der Waals surface area contributed by atoms with Crippen LogP contribution in [0.5, 0.6) is 0 Å². The van der Waals surface area contributed by atoms with Crippen LogP contribution in [0.15, 0.2) is 0 Å². The average molecular weight is 837 g/mol. The van der Waals surface area contributed by atoms with Crippen molar-refractivity contribution in [3.63, 3.8) is 0 Å². The number of esters is 2. The smallest absolute Gasteiger partial charge is 0.325 e. The number of nitrogens with zero attached hydrogens (tertiary/aromatic N) is 2. The van der Waals surface area contributed by atoms with Gasteiger partial charge in [-0.25, -0.2) is 0 Å². The summed E-state index contributed by atoms with van der Waals surface area (Å²) in [7, 11) is 3.98. The number of likely N-dealkylation sites (N-methyl/N-ethyl adjacent to an activating group) is 1. The summed E-state index contributed by atoms with van der Waals surface area (Å²) in [6.07, 6.45) is 38.0. The van der Waals surface area contributed by atoms with E-state index < -0.39 is 0 Å². The SMILES string of the molecule is CCCCCCCCC(CCCCCC)C(=O)OCCCCN(C)C(CCCCCO)CCCCCOC(=O)CN(C)C(=O)C(CCCCCC)CCCCCCCC. The molecular formula is C51H100N2O6. The molecule has 350 valence electrons. The van der Waals surface area contributed by atoms with Gasteiger partial charge in [-0.15, -0.1) is 0 Å². The van der Waals surface area contributed by atoms with Crippen LogP contribution in [0.3, 0.4) is 0 Å². The Kier molecular flexibility index (Phi) is 41.8. The molecule has 0 fully saturated rings. The van der Waals surface area contributed by atoms with Crippen LogP contribution in [0.2, 0.25) is 0 Å². The summed E-state index contributed by atoms with van der Waals surface area (Å²) < 4.78 is 11.5. The van der Waals surface area contributed by atoms with Gasteiger partial charge in [0.1, 0.15) is 6.54 Å². The van der Waals surface area contributed by atoms with Crippen molar-refractivity contribution in [3.8, 4) is 0 Å². The molecule has 0 aromatic heterocycles. The van der Waals surface area contributed by atoms with Gasteiger partial charge in [0.15, 0.2) is 0 Å². The van der Waals surface area contributed by atoms with Crippen LogP contribution < -0.4 is 0 Å². The molecule has 0 aromatic rings. The van der Waals surface area contributed by atoms with Crippen molar-refractivity contribution >= 4 is 17.8 Å². The Balaban J connectivity index is 4.70. The number of rotatable bonds is 45. The lowest BCUT2D eigenvalue weighted by Crippen LogP contribution is -2.37. The van der Waals surface area contributed by atoms with Crippen molar-refractivity contribution in [3.05, 3.63) is 0 Å². The number of hydrogen-bond acceptors (Lipinski definition) is 7. The van der Waals surface area contributed by atoms with Crippen molar-refractivity contribution in [2.45, 2.75) is 252 Å². The van der Waals surface area contributed by atoms with E-state index in [1.54, 1.807) is 11.9 Å². The van der Waals surface area contributed by atoms with Crippen molar-refractivity contribution < 1.29 is 29.0 Å². The Morgan fingerprint density at radius 3 is 1.36 bits per heavy atom. The molecule has 0 aromatic carbocycles. The predicted octanol–water partition coefficient (Wildman–Crippen LogP) is 13.4. The molecule has 0 radical (unpaired) electrons. The lowest BCUT2D eigenvalue weighted by atomic mass is 9.93. The topological polar surface area (TPSA) is 96.4 Å². The highest BCUT2D eigenvalue weighted by molar-refractivity contribution is 5.83. The number of aliphatic hydroxyl groups excluding tert-OH is 1. The fraction of sp³-hybridized carbons (Fsp3) is 0.941. The van der Waals surface area contributed by atoms with Gasteiger partial charge in [0, 0.05) is 25.6 Å². The van der Waals surface area contributed by atoms with Crippen molar-refractivity contribution in [1.29, 1.82) is 0 Å².